The van der Waals surface area contributed by atoms with E-state index in [1.165, 1.54) is 15.6 Å². The highest BCUT2D eigenvalue weighted by molar-refractivity contribution is 7.89. The van der Waals surface area contributed by atoms with Crippen molar-refractivity contribution in [2.75, 3.05) is 12.3 Å². The number of thiophene rings is 1. The number of sulfonamides is 1. The van der Waals surface area contributed by atoms with Gasteiger partial charge in [0.1, 0.15) is 0 Å². The van der Waals surface area contributed by atoms with E-state index in [1.807, 2.05) is 17.5 Å². The summed E-state index contributed by atoms with van der Waals surface area (Å²) in [5.41, 5.74) is 0. The van der Waals surface area contributed by atoms with Crippen molar-refractivity contribution in [2.24, 2.45) is 0 Å². The first kappa shape index (κ1) is 14.1. The summed E-state index contributed by atoms with van der Waals surface area (Å²) in [7, 11) is -3.48. The summed E-state index contributed by atoms with van der Waals surface area (Å²) >= 11 is 1.48. The zero-order valence-corrected chi connectivity index (χ0v) is 11.1. The third kappa shape index (κ3) is 4.45. The van der Waals surface area contributed by atoms with Crippen molar-refractivity contribution < 1.29 is 18.3 Å². The number of rotatable bonds is 7. The fourth-order valence-corrected chi connectivity index (χ4v) is 3.55. The molecular weight excluding hydrogens is 262 g/mol. The molecule has 0 saturated heterocycles. The molecule has 0 aromatic carbocycles. The standard InChI is InChI=1S/C10H15NO4S2/c1-2-11(8-9-4-3-6-16-9)17(14,15)7-5-10(12)13/h3-4,6H,2,5,7-8H2,1H3,(H,12,13). The molecule has 0 aliphatic carbocycles. The molecule has 0 unspecified atom stereocenters. The van der Waals surface area contributed by atoms with Crippen molar-refractivity contribution in [3.63, 3.8) is 0 Å². The molecule has 5 nitrogen and oxygen atoms in total. The molecule has 0 amide bonds. The van der Waals surface area contributed by atoms with E-state index >= 15 is 0 Å². The maximum Gasteiger partial charge on any atom is 0.304 e. The molecule has 0 aliphatic heterocycles. The highest BCUT2D eigenvalue weighted by Gasteiger charge is 2.21. The predicted molar refractivity (Wildman–Crippen MR) is 66.4 cm³/mol. The van der Waals surface area contributed by atoms with E-state index in [0.717, 1.165) is 4.88 Å². The van der Waals surface area contributed by atoms with Crippen LogP contribution in [0, 0.1) is 0 Å². The second-order valence-electron chi connectivity index (χ2n) is 3.47. The van der Waals surface area contributed by atoms with E-state index in [2.05, 4.69) is 0 Å². The quantitative estimate of drug-likeness (QED) is 0.817. The van der Waals surface area contributed by atoms with Gasteiger partial charge in [0.15, 0.2) is 0 Å². The summed E-state index contributed by atoms with van der Waals surface area (Å²) in [5, 5.41) is 10.4. The van der Waals surface area contributed by atoms with Gasteiger partial charge in [0.05, 0.1) is 12.2 Å². The first-order valence-electron chi connectivity index (χ1n) is 5.17. The minimum atomic E-state index is -3.48. The normalized spacial score (nSPS) is 11.9. The Hall–Kier alpha value is -0.920. The van der Waals surface area contributed by atoms with Crippen molar-refractivity contribution >= 4 is 27.3 Å². The van der Waals surface area contributed by atoms with Crippen molar-refractivity contribution in [1.82, 2.24) is 4.31 Å². The SMILES string of the molecule is CCN(Cc1cccs1)S(=O)(=O)CCC(=O)O. The van der Waals surface area contributed by atoms with Gasteiger partial charge in [-0.2, -0.15) is 4.31 Å². The summed E-state index contributed by atoms with van der Waals surface area (Å²) in [5.74, 6) is -1.44. The smallest absolute Gasteiger partial charge is 0.304 e. The summed E-state index contributed by atoms with van der Waals surface area (Å²) in [6.45, 7) is 2.40. The second-order valence-corrected chi connectivity index (χ2v) is 6.59. The van der Waals surface area contributed by atoms with Gasteiger partial charge in [0.25, 0.3) is 0 Å². The Bertz CT molecular complexity index is 453. The number of hydrogen-bond donors (Lipinski definition) is 1. The average Bonchev–Trinajstić information content (AvgIpc) is 2.75. The summed E-state index contributed by atoms with van der Waals surface area (Å²) in [6.07, 6.45) is -0.358. The summed E-state index contributed by atoms with van der Waals surface area (Å²) in [4.78, 5) is 11.3. The number of carboxylic acid groups (broad SMARTS) is 1. The highest BCUT2D eigenvalue weighted by Crippen LogP contribution is 2.15. The average molecular weight is 277 g/mol. The van der Waals surface area contributed by atoms with Gasteiger partial charge in [-0.3, -0.25) is 4.79 Å². The predicted octanol–water partition coefficient (Wildman–Crippen LogP) is 1.37. The minimum absolute atomic E-state index is 0.316. The van der Waals surface area contributed by atoms with Crippen molar-refractivity contribution in [3.05, 3.63) is 22.4 Å². The molecule has 1 N–H and O–H groups in total. The lowest BCUT2D eigenvalue weighted by molar-refractivity contribution is -0.136. The van der Waals surface area contributed by atoms with Crippen molar-refractivity contribution in [3.8, 4) is 0 Å². The van der Waals surface area contributed by atoms with E-state index in [-0.39, 0.29) is 12.2 Å². The maximum atomic E-state index is 11.9. The summed E-state index contributed by atoms with van der Waals surface area (Å²) in [6, 6.07) is 3.72. The number of hydrogen-bond acceptors (Lipinski definition) is 4. The number of nitrogens with zero attached hydrogens (tertiary/aromatic N) is 1. The number of aliphatic carboxylic acids is 1. The molecule has 96 valence electrons. The van der Waals surface area contributed by atoms with Crippen molar-refractivity contribution in [2.45, 2.75) is 19.9 Å². The van der Waals surface area contributed by atoms with Crippen LogP contribution >= 0.6 is 11.3 Å². The van der Waals surface area contributed by atoms with Gasteiger partial charge in [-0.05, 0) is 11.4 Å². The van der Waals surface area contributed by atoms with Crippen molar-refractivity contribution in [1.29, 1.82) is 0 Å². The molecular formula is C10H15NO4S2. The van der Waals surface area contributed by atoms with Crippen LogP contribution in [-0.2, 0) is 21.4 Å². The van der Waals surface area contributed by atoms with Crippen LogP contribution in [0.4, 0.5) is 0 Å². The molecule has 0 spiro atoms. The van der Waals surface area contributed by atoms with Gasteiger partial charge in [0, 0.05) is 18.0 Å². The topological polar surface area (TPSA) is 74.7 Å². The zero-order valence-electron chi connectivity index (χ0n) is 9.50. The number of carbonyl (C=O) groups is 1. The minimum Gasteiger partial charge on any atom is -0.481 e. The molecule has 0 bridgehead atoms. The molecule has 0 saturated carbocycles. The lowest BCUT2D eigenvalue weighted by Gasteiger charge is -2.19. The fourth-order valence-electron chi connectivity index (χ4n) is 1.33. The van der Waals surface area contributed by atoms with E-state index in [9.17, 15) is 13.2 Å². The fraction of sp³-hybridized carbons (Fsp3) is 0.500. The van der Waals surface area contributed by atoms with Crippen LogP contribution in [-0.4, -0.2) is 36.1 Å². The molecule has 0 radical (unpaired) electrons. The second kappa shape index (κ2) is 6.13. The lowest BCUT2D eigenvalue weighted by atomic mass is 10.4. The van der Waals surface area contributed by atoms with E-state index in [4.69, 9.17) is 5.11 Å². The first-order chi connectivity index (χ1) is 7.95. The van der Waals surface area contributed by atoms with Gasteiger partial charge in [-0.1, -0.05) is 13.0 Å². The molecule has 0 atom stereocenters. The Kier molecular flexibility index (Phi) is 5.10. The lowest BCUT2D eigenvalue weighted by Crippen LogP contribution is -2.32. The molecule has 0 aliphatic rings. The largest absolute Gasteiger partial charge is 0.481 e. The third-order valence-corrected chi connectivity index (χ3v) is 4.99. The van der Waals surface area contributed by atoms with Crippen LogP contribution in [0.15, 0.2) is 17.5 Å². The molecule has 1 aromatic rings. The van der Waals surface area contributed by atoms with Crippen LogP contribution in [0.5, 0.6) is 0 Å². The van der Waals surface area contributed by atoms with Crippen LogP contribution < -0.4 is 0 Å². The molecule has 1 heterocycles. The van der Waals surface area contributed by atoms with Gasteiger partial charge in [0.2, 0.25) is 10.0 Å². The molecule has 1 aromatic heterocycles. The molecule has 1 rings (SSSR count). The summed E-state index contributed by atoms with van der Waals surface area (Å²) < 4.78 is 25.0. The highest BCUT2D eigenvalue weighted by atomic mass is 32.2. The molecule has 0 fully saturated rings. The third-order valence-electron chi connectivity index (χ3n) is 2.23. The monoisotopic (exact) mass is 277 g/mol. The van der Waals surface area contributed by atoms with Crippen LogP contribution in [0.2, 0.25) is 0 Å². The van der Waals surface area contributed by atoms with Crippen LogP contribution in [0.3, 0.4) is 0 Å². The van der Waals surface area contributed by atoms with Gasteiger partial charge >= 0.3 is 5.97 Å². The maximum absolute atomic E-state index is 11.9. The van der Waals surface area contributed by atoms with E-state index in [1.54, 1.807) is 6.92 Å². The zero-order chi connectivity index (χ0) is 12.9. The number of carboxylic acids is 1. The van der Waals surface area contributed by atoms with Crippen LogP contribution in [0.1, 0.15) is 18.2 Å². The van der Waals surface area contributed by atoms with Crippen LogP contribution in [0.25, 0.3) is 0 Å². The Morgan fingerprint density at radius 3 is 2.71 bits per heavy atom. The van der Waals surface area contributed by atoms with E-state index < -0.39 is 16.0 Å². The molecule has 7 heteroatoms. The van der Waals surface area contributed by atoms with E-state index in [0.29, 0.717) is 13.1 Å². The van der Waals surface area contributed by atoms with Gasteiger partial charge in [-0.15, -0.1) is 11.3 Å². The first-order valence-corrected chi connectivity index (χ1v) is 7.66. The van der Waals surface area contributed by atoms with Gasteiger partial charge in [-0.25, -0.2) is 8.42 Å². The Balaban J connectivity index is 2.69. The Morgan fingerprint density at radius 1 is 1.53 bits per heavy atom. The molecule has 17 heavy (non-hydrogen) atoms. The Labute approximate surface area is 105 Å². The Morgan fingerprint density at radius 2 is 2.24 bits per heavy atom. The van der Waals surface area contributed by atoms with Gasteiger partial charge < -0.3 is 5.11 Å².